The van der Waals surface area contributed by atoms with Crippen molar-refractivity contribution in [3.8, 4) is 5.75 Å². The molecule has 0 N–H and O–H groups in total. The second kappa shape index (κ2) is 6.61. The van der Waals surface area contributed by atoms with Crippen molar-refractivity contribution in [1.82, 2.24) is 19.7 Å². The lowest BCUT2D eigenvalue weighted by Crippen LogP contribution is -2.38. The maximum absolute atomic E-state index is 13.3. The van der Waals surface area contributed by atoms with Gasteiger partial charge in [0.2, 0.25) is 0 Å². The molecular weight excluding hydrogens is 352 g/mol. The number of amides is 1. The van der Waals surface area contributed by atoms with Crippen molar-refractivity contribution in [3.63, 3.8) is 0 Å². The molecule has 1 unspecified atom stereocenters. The van der Waals surface area contributed by atoms with Crippen LogP contribution < -0.4 is 4.74 Å². The Balaban J connectivity index is 1.41. The van der Waals surface area contributed by atoms with Gasteiger partial charge in [-0.05, 0) is 67.7 Å². The van der Waals surface area contributed by atoms with Crippen LogP contribution in [0.15, 0.2) is 24.5 Å². The largest absolute Gasteiger partial charge is 0.497 e. The van der Waals surface area contributed by atoms with Crippen LogP contribution in [0.25, 0.3) is 0 Å². The normalized spacial score (nSPS) is 23.1. The number of rotatable bonds is 5. The number of benzene rings is 1. The molecule has 3 aliphatic rings. The van der Waals surface area contributed by atoms with Crippen molar-refractivity contribution in [2.75, 3.05) is 20.2 Å². The molecule has 1 saturated heterocycles. The highest BCUT2D eigenvalue weighted by atomic mass is 16.5. The Kier molecular flexibility index (Phi) is 4.18. The highest BCUT2D eigenvalue weighted by molar-refractivity contribution is 5.96. The maximum Gasteiger partial charge on any atom is 0.254 e. The molecule has 2 heterocycles. The smallest absolute Gasteiger partial charge is 0.254 e. The third-order valence-electron chi connectivity index (χ3n) is 7.06. The zero-order valence-electron chi connectivity index (χ0n) is 16.7. The summed E-state index contributed by atoms with van der Waals surface area (Å²) in [6.45, 7) is 4.58. The number of carbonyl (C=O) groups excluding carboxylic acids is 1. The molecule has 6 nitrogen and oxygen atoms in total. The number of aromatic nitrogens is 3. The van der Waals surface area contributed by atoms with Gasteiger partial charge in [-0.15, -0.1) is 10.2 Å². The van der Waals surface area contributed by atoms with Gasteiger partial charge in [0, 0.05) is 31.1 Å². The van der Waals surface area contributed by atoms with Gasteiger partial charge < -0.3 is 14.2 Å². The SMILES string of the molecule is COc1ccc(C(=O)N2CC(c3nncn3CC3CC3)C3(CCC3)C2)c(C)c1. The average molecular weight is 380 g/mol. The third kappa shape index (κ3) is 2.90. The minimum atomic E-state index is 0.127. The third-order valence-corrected chi connectivity index (χ3v) is 7.06. The maximum atomic E-state index is 13.3. The lowest BCUT2D eigenvalue weighted by Gasteiger charge is -2.42. The van der Waals surface area contributed by atoms with Crippen LogP contribution in [-0.4, -0.2) is 45.8 Å². The Bertz CT molecular complexity index is 898. The fourth-order valence-electron chi connectivity index (χ4n) is 5.04. The van der Waals surface area contributed by atoms with Gasteiger partial charge in [-0.25, -0.2) is 0 Å². The second-order valence-electron chi connectivity index (χ2n) is 8.92. The van der Waals surface area contributed by atoms with E-state index in [1.54, 1.807) is 7.11 Å². The fourth-order valence-corrected chi connectivity index (χ4v) is 5.04. The average Bonchev–Trinajstić information content (AvgIpc) is 3.20. The van der Waals surface area contributed by atoms with Crippen LogP contribution in [0.5, 0.6) is 5.75 Å². The summed E-state index contributed by atoms with van der Waals surface area (Å²) in [5.41, 5.74) is 1.92. The van der Waals surface area contributed by atoms with Crippen molar-refractivity contribution in [2.24, 2.45) is 11.3 Å². The van der Waals surface area contributed by atoms with Gasteiger partial charge >= 0.3 is 0 Å². The number of carbonyl (C=O) groups is 1. The minimum Gasteiger partial charge on any atom is -0.497 e. The molecule has 28 heavy (non-hydrogen) atoms. The Morgan fingerprint density at radius 2 is 2.14 bits per heavy atom. The molecule has 0 radical (unpaired) electrons. The first kappa shape index (κ1) is 17.7. The highest BCUT2D eigenvalue weighted by Crippen LogP contribution is 2.55. The van der Waals surface area contributed by atoms with Gasteiger partial charge in [0.25, 0.3) is 5.91 Å². The highest BCUT2D eigenvalue weighted by Gasteiger charge is 2.53. The molecule has 1 atom stereocenters. The van der Waals surface area contributed by atoms with Crippen molar-refractivity contribution in [1.29, 1.82) is 0 Å². The van der Waals surface area contributed by atoms with Gasteiger partial charge in [-0.1, -0.05) is 6.42 Å². The summed E-state index contributed by atoms with van der Waals surface area (Å²) < 4.78 is 7.55. The van der Waals surface area contributed by atoms with E-state index in [4.69, 9.17) is 4.74 Å². The molecule has 1 aromatic heterocycles. The quantitative estimate of drug-likeness (QED) is 0.797. The molecule has 3 fully saturated rings. The van der Waals surface area contributed by atoms with E-state index in [1.165, 1.54) is 32.1 Å². The van der Waals surface area contributed by atoms with Crippen LogP contribution in [0.3, 0.4) is 0 Å². The number of ether oxygens (including phenoxy) is 1. The van der Waals surface area contributed by atoms with Gasteiger partial charge in [-0.3, -0.25) is 4.79 Å². The summed E-state index contributed by atoms with van der Waals surface area (Å²) in [5, 5.41) is 8.75. The van der Waals surface area contributed by atoms with Gasteiger partial charge in [0.05, 0.1) is 7.11 Å². The summed E-state index contributed by atoms with van der Waals surface area (Å²) in [7, 11) is 1.65. The predicted octanol–water partition coefficient (Wildman–Crippen LogP) is 3.42. The number of methoxy groups -OCH3 is 1. The molecule has 2 aromatic rings. The van der Waals surface area contributed by atoms with Gasteiger partial charge in [-0.2, -0.15) is 0 Å². The van der Waals surface area contributed by atoms with Crippen LogP contribution in [0.4, 0.5) is 0 Å². The van der Waals surface area contributed by atoms with Crippen LogP contribution in [-0.2, 0) is 6.54 Å². The number of nitrogens with zero attached hydrogens (tertiary/aromatic N) is 4. The number of hydrogen-bond acceptors (Lipinski definition) is 4. The van der Waals surface area contributed by atoms with Gasteiger partial charge in [0.1, 0.15) is 17.9 Å². The molecule has 0 bridgehead atoms. The van der Waals surface area contributed by atoms with E-state index in [0.29, 0.717) is 5.92 Å². The first-order valence-electron chi connectivity index (χ1n) is 10.4. The Morgan fingerprint density at radius 3 is 2.79 bits per heavy atom. The van der Waals surface area contributed by atoms with Crippen LogP contribution in [0, 0.1) is 18.3 Å². The molecule has 5 rings (SSSR count). The summed E-state index contributed by atoms with van der Waals surface area (Å²) in [6, 6.07) is 5.71. The molecule has 1 amide bonds. The first-order chi connectivity index (χ1) is 13.6. The standard InChI is InChI=1S/C22H28N4O2/c1-15-10-17(28-2)6-7-18(15)21(27)25-12-19(22(13-25)8-3-9-22)20-24-23-14-26(20)11-16-4-5-16/h6-7,10,14,16,19H,3-5,8-9,11-13H2,1-2H3. The lowest BCUT2D eigenvalue weighted by atomic mass is 9.62. The second-order valence-corrected chi connectivity index (χ2v) is 8.92. The number of aryl methyl sites for hydroxylation is 1. The topological polar surface area (TPSA) is 60.2 Å². The molecule has 1 aliphatic heterocycles. The fraction of sp³-hybridized carbons (Fsp3) is 0.591. The van der Waals surface area contributed by atoms with E-state index in [0.717, 1.165) is 48.3 Å². The van der Waals surface area contributed by atoms with Crippen LogP contribution in [0.1, 0.15) is 59.8 Å². The molecule has 2 saturated carbocycles. The first-order valence-corrected chi connectivity index (χ1v) is 10.4. The molecule has 1 spiro atoms. The van der Waals surface area contributed by atoms with Crippen LogP contribution >= 0.6 is 0 Å². The van der Waals surface area contributed by atoms with E-state index in [-0.39, 0.29) is 11.3 Å². The van der Waals surface area contributed by atoms with Crippen LogP contribution in [0.2, 0.25) is 0 Å². The Hall–Kier alpha value is -2.37. The van der Waals surface area contributed by atoms with E-state index in [2.05, 4.69) is 19.7 Å². The van der Waals surface area contributed by atoms with Gasteiger partial charge in [0.15, 0.2) is 0 Å². The van der Waals surface area contributed by atoms with Crippen molar-refractivity contribution in [3.05, 3.63) is 41.5 Å². The molecule has 1 aromatic carbocycles. The summed E-state index contributed by atoms with van der Waals surface area (Å²) in [4.78, 5) is 15.4. The molecular formula is C22H28N4O2. The predicted molar refractivity (Wildman–Crippen MR) is 105 cm³/mol. The Morgan fingerprint density at radius 1 is 1.32 bits per heavy atom. The van der Waals surface area contributed by atoms with E-state index < -0.39 is 0 Å². The Labute approximate surface area is 165 Å². The monoisotopic (exact) mass is 380 g/mol. The minimum absolute atomic E-state index is 0.127. The zero-order chi connectivity index (χ0) is 19.3. The number of likely N-dealkylation sites (tertiary alicyclic amines) is 1. The number of hydrogen-bond donors (Lipinski definition) is 0. The summed E-state index contributed by atoms with van der Waals surface area (Å²) >= 11 is 0. The summed E-state index contributed by atoms with van der Waals surface area (Å²) in [6.07, 6.45) is 8.12. The molecule has 2 aliphatic carbocycles. The molecule has 6 heteroatoms. The van der Waals surface area contributed by atoms with Crippen molar-refractivity contribution < 1.29 is 9.53 Å². The van der Waals surface area contributed by atoms with E-state index in [9.17, 15) is 4.79 Å². The van der Waals surface area contributed by atoms with E-state index in [1.807, 2.05) is 31.5 Å². The molecule has 148 valence electrons. The van der Waals surface area contributed by atoms with Crippen molar-refractivity contribution >= 4 is 5.91 Å². The zero-order valence-corrected chi connectivity index (χ0v) is 16.7. The summed E-state index contributed by atoms with van der Waals surface area (Å²) in [5.74, 6) is 3.09. The van der Waals surface area contributed by atoms with Crippen molar-refractivity contribution in [2.45, 2.75) is 51.5 Å². The van der Waals surface area contributed by atoms with E-state index >= 15 is 0 Å². The lowest BCUT2D eigenvalue weighted by molar-refractivity contribution is 0.0722.